The minimum atomic E-state index is -2.79. The lowest BCUT2D eigenvalue weighted by Crippen LogP contribution is -2.20. The Morgan fingerprint density at radius 1 is 1.38 bits per heavy atom. The summed E-state index contributed by atoms with van der Waals surface area (Å²) in [6.45, 7) is 3.55. The number of halogens is 1. The van der Waals surface area contributed by atoms with E-state index in [1.54, 1.807) is 0 Å². The molecule has 0 saturated heterocycles. The van der Waals surface area contributed by atoms with Crippen LogP contribution in [0.4, 0.5) is 0 Å². The second-order valence-corrected chi connectivity index (χ2v) is 6.31. The molecule has 1 unspecified atom stereocenters. The van der Waals surface area contributed by atoms with Crippen LogP contribution in [0.15, 0.2) is 0 Å². The van der Waals surface area contributed by atoms with Gasteiger partial charge in [0, 0.05) is 11.6 Å². The van der Waals surface area contributed by atoms with Crippen molar-refractivity contribution in [2.75, 3.05) is 25.1 Å². The van der Waals surface area contributed by atoms with Gasteiger partial charge in [0.25, 0.3) is 0 Å². The number of hydrogen-bond donors (Lipinski definition) is 1. The van der Waals surface area contributed by atoms with E-state index in [0.29, 0.717) is 6.42 Å². The summed E-state index contributed by atoms with van der Waals surface area (Å²) in [5.41, 5.74) is 0. The van der Waals surface area contributed by atoms with E-state index in [2.05, 4.69) is 5.32 Å². The Kier molecular flexibility index (Phi) is 6.73. The molecule has 0 heterocycles. The average Bonchev–Trinajstić information content (AvgIpc) is 1.93. The molecule has 1 atom stereocenters. The SMILES string of the molecule is CC(Cl)CCNCCCS(C)(=O)=O. The van der Waals surface area contributed by atoms with Crippen LogP contribution >= 0.6 is 11.6 Å². The maximum Gasteiger partial charge on any atom is 0.147 e. The first kappa shape index (κ1) is 13.2. The van der Waals surface area contributed by atoms with Gasteiger partial charge in [-0.3, -0.25) is 0 Å². The molecule has 0 rings (SSSR count). The third-order valence-electron chi connectivity index (χ3n) is 1.59. The molecule has 13 heavy (non-hydrogen) atoms. The Balaban J connectivity index is 3.18. The van der Waals surface area contributed by atoms with Gasteiger partial charge in [0.05, 0.1) is 5.75 Å². The highest BCUT2D eigenvalue weighted by atomic mass is 35.5. The van der Waals surface area contributed by atoms with Crippen molar-refractivity contribution in [2.45, 2.75) is 25.1 Å². The molecule has 0 saturated carbocycles. The van der Waals surface area contributed by atoms with E-state index in [1.165, 1.54) is 6.26 Å². The van der Waals surface area contributed by atoms with Crippen LogP contribution in [0.1, 0.15) is 19.8 Å². The van der Waals surface area contributed by atoms with E-state index in [0.717, 1.165) is 19.5 Å². The Morgan fingerprint density at radius 3 is 2.46 bits per heavy atom. The fraction of sp³-hybridized carbons (Fsp3) is 1.00. The highest BCUT2D eigenvalue weighted by molar-refractivity contribution is 7.90. The van der Waals surface area contributed by atoms with E-state index >= 15 is 0 Å². The third kappa shape index (κ3) is 12.2. The van der Waals surface area contributed by atoms with E-state index in [9.17, 15) is 8.42 Å². The van der Waals surface area contributed by atoms with Crippen molar-refractivity contribution in [1.29, 1.82) is 0 Å². The summed E-state index contributed by atoms with van der Waals surface area (Å²) in [5.74, 6) is 0.260. The van der Waals surface area contributed by atoms with Crippen LogP contribution in [0.5, 0.6) is 0 Å². The van der Waals surface area contributed by atoms with Gasteiger partial charge in [0.15, 0.2) is 0 Å². The lowest BCUT2D eigenvalue weighted by molar-refractivity contribution is 0.591. The predicted octanol–water partition coefficient (Wildman–Crippen LogP) is 1.03. The second-order valence-electron chi connectivity index (χ2n) is 3.30. The molecule has 1 N–H and O–H groups in total. The van der Waals surface area contributed by atoms with Crippen molar-refractivity contribution < 1.29 is 8.42 Å². The first-order valence-corrected chi connectivity index (χ1v) is 6.94. The van der Waals surface area contributed by atoms with Gasteiger partial charge in [-0.2, -0.15) is 0 Å². The number of nitrogens with one attached hydrogen (secondary N) is 1. The Bertz CT molecular complexity index is 214. The summed E-state index contributed by atoms with van der Waals surface area (Å²) in [5, 5.41) is 3.32. The molecule has 0 spiro atoms. The average molecular weight is 228 g/mol. The molecule has 0 fully saturated rings. The van der Waals surface area contributed by atoms with Crippen LogP contribution < -0.4 is 5.32 Å². The zero-order valence-corrected chi connectivity index (χ0v) is 9.79. The predicted molar refractivity (Wildman–Crippen MR) is 57.1 cm³/mol. The summed E-state index contributed by atoms with van der Waals surface area (Å²) >= 11 is 5.73. The van der Waals surface area contributed by atoms with Crippen LogP contribution in [0.3, 0.4) is 0 Å². The van der Waals surface area contributed by atoms with Gasteiger partial charge in [-0.25, -0.2) is 8.42 Å². The molecule has 0 amide bonds. The molecule has 0 aliphatic heterocycles. The van der Waals surface area contributed by atoms with Crippen LogP contribution in [0.25, 0.3) is 0 Å². The fourth-order valence-electron chi connectivity index (χ4n) is 0.885. The summed E-state index contributed by atoms with van der Waals surface area (Å²) in [6, 6.07) is 0. The lowest BCUT2D eigenvalue weighted by Gasteiger charge is -2.04. The zero-order chi connectivity index (χ0) is 10.3. The van der Waals surface area contributed by atoms with Gasteiger partial charge in [-0.15, -0.1) is 11.6 Å². The molecule has 5 heteroatoms. The molecule has 0 aromatic rings. The van der Waals surface area contributed by atoms with Gasteiger partial charge in [0.1, 0.15) is 9.84 Å². The second kappa shape index (κ2) is 6.62. The Morgan fingerprint density at radius 2 is 2.00 bits per heavy atom. The molecule has 80 valence electrons. The topological polar surface area (TPSA) is 46.2 Å². The fourth-order valence-corrected chi connectivity index (χ4v) is 1.66. The van der Waals surface area contributed by atoms with Gasteiger partial charge in [-0.1, -0.05) is 0 Å². The largest absolute Gasteiger partial charge is 0.317 e. The molecule has 3 nitrogen and oxygen atoms in total. The molecular formula is C8H18ClNO2S. The minimum absolute atomic E-state index is 0.183. The monoisotopic (exact) mass is 227 g/mol. The maximum absolute atomic E-state index is 10.7. The van der Waals surface area contributed by atoms with Gasteiger partial charge < -0.3 is 5.32 Å². The van der Waals surface area contributed by atoms with Crippen molar-refractivity contribution in [3.05, 3.63) is 0 Å². The highest BCUT2D eigenvalue weighted by Crippen LogP contribution is 1.97. The summed E-state index contributed by atoms with van der Waals surface area (Å²) in [4.78, 5) is 0. The molecule has 0 aliphatic carbocycles. The number of sulfone groups is 1. The quantitative estimate of drug-likeness (QED) is 0.522. The van der Waals surface area contributed by atoms with E-state index < -0.39 is 9.84 Å². The molecule has 0 aromatic carbocycles. The first-order valence-electron chi connectivity index (χ1n) is 4.44. The first-order chi connectivity index (χ1) is 5.92. The third-order valence-corrected chi connectivity index (χ3v) is 2.84. The van der Waals surface area contributed by atoms with Crippen molar-refractivity contribution in [3.63, 3.8) is 0 Å². The Labute approximate surface area is 85.8 Å². The van der Waals surface area contributed by atoms with E-state index in [1.807, 2.05) is 6.92 Å². The Hall–Kier alpha value is 0.200. The van der Waals surface area contributed by atoms with Crippen LogP contribution in [0, 0.1) is 0 Å². The van der Waals surface area contributed by atoms with E-state index in [-0.39, 0.29) is 11.1 Å². The number of alkyl halides is 1. The number of hydrogen-bond acceptors (Lipinski definition) is 3. The van der Waals surface area contributed by atoms with E-state index in [4.69, 9.17) is 11.6 Å². The summed E-state index contributed by atoms with van der Waals surface area (Å²) in [7, 11) is -2.79. The van der Waals surface area contributed by atoms with Crippen LogP contribution in [-0.2, 0) is 9.84 Å². The zero-order valence-electron chi connectivity index (χ0n) is 8.22. The van der Waals surface area contributed by atoms with Gasteiger partial charge in [-0.05, 0) is 32.9 Å². The molecule has 0 aromatic heterocycles. The maximum atomic E-state index is 10.7. The standard InChI is InChI=1S/C8H18ClNO2S/c1-8(9)4-6-10-5-3-7-13(2,11)12/h8,10H,3-7H2,1-2H3. The normalized spacial score (nSPS) is 14.4. The minimum Gasteiger partial charge on any atom is -0.317 e. The molecule has 0 radical (unpaired) electrons. The molecule has 0 bridgehead atoms. The van der Waals surface area contributed by atoms with Crippen molar-refractivity contribution in [3.8, 4) is 0 Å². The van der Waals surface area contributed by atoms with Gasteiger partial charge in [0.2, 0.25) is 0 Å². The summed E-state index contributed by atoms with van der Waals surface area (Å²) in [6.07, 6.45) is 2.85. The van der Waals surface area contributed by atoms with Crippen molar-refractivity contribution in [1.82, 2.24) is 5.32 Å². The number of rotatable bonds is 7. The smallest absolute Gasteiger partial charge is 0.147 e. The van der Waals surface area contributed by atoms with Crippen LogP contribution in [0.2, 0.25) is 0 Å². The van der Waals surface area contributed by atoms with Crippen molar-refractivity contribution >= 4 is 21.4 Å². The lowest BCUT2D eigenvalue weighted by atomic mass is 10.3. The van der Waals surface area contributed by atoms with Crippen LogP contribution in [-0.4, -0.2) is 38.9 Å². The summed E-state index contributed by atoms with van der Waals surface area (Å²) < 4.78 is 21.4. The molecular weight excluding hydrogens is 210 g/mol. The van der Waals surface area contributed by atoms with Gasteiger partial charge >= 0.3 is 0 Å². The van der Waals surface area contributed by atoms with Crippen molar-refractivity contribution in [2.24, 2.45) is 0 Å². The highest BCUT2D eigenvalue weighted by Gasteiger charge is 2.00. The molecule has 0 aliphatic rings.